The Kier molecular flexibility index (Phi) is 7.15. The number of esters is 1. The molecule has 150 valence electrons. The molecule has 0 radical (unpaired) electrons. The number of carbonyl (C=O) groups excluding carboxylic acids is 3. The van der Waals surface area contributed by atoms with Crippen LogP contribution in [0, 0.1) is 13.8 Å². The first-order valence-electron chi connectivity index (χ1n) is 9.46. The van der Waals surface area contributed by atoms with Crippen molar-refractivity contribution in [2.75, 3.05) is 0 Å². The highest BCUT2D eigenvalue weighted by Gasteiger charge is 2.25. The third-order valence-electron chi connectivity index (χ3n) is 4.74. The van der Waals surface area contributed by atoms with Gasteiger partial charge in [-0.1, -0.05) is 30.3 Å². The Morgan fingerprint density at radius 2 is 1.75 bits per heavy atom. The number of rotatable bonds is 8. The van der Waals surface area contributed by atoms with E-state index in [2.05, 4.69) is 22.4 Å². The second-order valence-corrected chi connectivity index (χ2v) is 7.16. The smallest absolute Gasteiger partial charge is 0.355 e. The van der Waals surface area contributed by atoms with Crippen LogP contribution in [-0.4, -0.2) is 34.8 Å². The summed E-state index contributed by atoms with van der Waals surface area (Å²) in [5, 5.41) is 2.88. The van der Waals surface area contributed by atoms with Crippen LogP contribution in [0.15, 0.2) is 30.3 Å². The minimum atomic E-state index is -0.935. The summed E-state index contributed by atoms with van der Waals surface area (Å²) >= 11 is 0. The Hall–Kier alpha value is -2.89. The molecule has 1 amide bonds. The lowest BCUT2D eigenvalue weighted by molar-refractivity contribution is -0.129. The molecule has 28 heavy (non-hydrogen) atoms. The van der Waals surface area contributed by atoms with E-state index in [1.165, 1.54) is 19.4 Å². The van der Waals surface area contributed by atoms with Crippen molar-refractivity contribution in [1.82, 2.24) is 10.3 Å². The van der Waals surface area contributed by atoms with E-state index in [-0.39, 0.29) is 23.4 Å². The molecule has 0 spiro atoms. The standard InChI is InChI=1S/C22H28N2O4/c1-13(11-12-18-9-7-6-8-10-18)23-21(26)17(5)28-22(27)20-14(2)19(16(4)25)15(3)24-20/h6-10,13,17,24H,11-12H2,1-5H3,(H,23,26)/t13-,17-/m1/s1. The third-order valence-corrected chi connectivity index (χ3v) is 4.74. The maximum Gasteiger partial charge on any atom is 0.355 e. The molecule has 0 aliphatic heterocycles. The molecule has 0 bridgehead atoms. The van der Waals surface area contributed by atoms with Gasteiger partial charge in [-0.05, 0) is 58.6 Å². The average molecular weight is 384 g/mol. The Bertz CT molecular complexity index is 855. The zero-order chi connectivity index (χ0) is 20.8. The number of aromatic amines is 1. The molecule has 1 heterocycles. The highest BCUT2D eigenvalue weighted by Crippen LogP contribution is 2.19. The summed E-state index contributed by atoms with van der Waals surface area (Å²) in [6, 6.07) is 10.00. The van der Waals surface area contributed by atoms with E-state index in [4.69, 9.17) is 4.74 Å². The molecule has 2 N–H and O–H groups in total. The number of aromatic nitrogens is 1. The zero-order valence-electron chi connectivity index (χ0n) is 17.1. The Morgan fingerprint density at radius 1 is 1.11 bits per heavy atom. The molecule has 6 heteroatoms. The van der Waals surface area contributed by atoms with Crippen molar-refractivity contribution in [2.24, 2.45) is 0 Å². The first-order valence-corrected chi connectivity index (χ1v) is 9.46. The number of H-pyrrole nitrogens is 1. The van der Waals surface area contributed by atoms with Crippen LogP contribution in [0.4, 0.5) is 0 Å². The van der Waals surface area contributed by atoms with Crippen molar-refractivity contribution >= 4 is 17.7 Å². The Labute approximate surface area is 165 Å². The van der Waals surface area contributed by atoms with Crippen molar-refractivity contribution < 1.29 is 19.1 Å². The van der Waals surface area contributed by atoms with Crippen LogP contribution in [0.1, 0.15) is 64.9 Å². The highest BCUT2D eigenvalue weighted by atomic mass is 16.5. The normalized spacial score (nSPS) is 12.9. The lowest BCUT2D eigenvalue weighted by Crippen LogP contribution is -2.41. The fourth-order valence-electron chi connectivity index (χ4n) is 3.22. The minimum absolute atomic E-state index is 0.0485. The van der Waals surface area contributed by atoms with E-state index in [0.29, 0.717) is 16.8 Å². The van der Waals surface area contributed by atoms with Gasteiger partial charge in [0, 0.05) is 17.3 Å². The van der Waals surface area contributed by atoms with Crippen LogP contribution >= 0.6 is 0 Å². The minimum Gasteiger partial charge on any atom is -0.448 e. The number of amides is 1. The van der Waals surface area contributed by atoms with E-state index in [1.807, 2.05) is 25.1 Å². The van der Waals surface area contributed by atoms with Gasteiger partial charge in [0.1, 0.15) is 5.69 Å². The van der Waals surface area contributed by atoms with Crippen molar-refractivity contribution in [2.45, 2.75) is 59.6 Å². The van der Waals surface area contributed by atoms with Crippen LogP contribution in [-0.2, 0) is 16.0 Å². The van der Waals surface area contributed by atoms with Crippen molar-refractivity contribution in [3.63, 3.8) is 0 Å². The maximum absolute atomic E-state index is 12.4. The van der Waals surface area contributed by atoms with Gasteiger partial charge in [0.25, 0.3) is 5.91 Å². The van der Waals surface area contributed by atoms with Gasteiger partial charge in [-0.15, -0.1) is 0 Å². The van der Waals surface area contributed by atoms with Gasteiger partial charge < -0.3 is 15.0 Å². The van der Waals surface area contributed by atoms with Crippen LogP contribution < -0.4 is 5.32 Å². The molecule has 1 aromatic carbocycles. The largest absolute Gasteiger partial charge is 0.448 e. The molecule has 2 rings (SSSR count). The van der Waals surface area contributed by atoms with Crippen LogP contribution in [0.5, 0.6) is 0 Å². The van der Waals surface area contributed by atoms with Gasteiger partial charge >= 0.3 is 5.97 Å². The molecule has 0 saturated heterocycles. The summed E-state index contributed by atoms with van der Waals surface area (Å²) in [5.74, 6) is -1.11. The number of hydrogen-bond acceptors (Lipinski definition) is 4. The van der Waals surface area contributed by atoms with Gasteiger partial charge in [0.2, 0.25) is 0 Å². The van der Waals surface area contributed by atoms with E-state index in [9.17, 15) is 14.4 Å². The first-order chi connectivity index (χ1) is 13.2. The molecule has 0 unspecified atom stereocenters. The van der Waals surface area contributed by atoms with Gasteiger partial charge in [0.15, 0.2) is 11.9 Å². The number of Topliss-reactive ketones (excluding diaryl/α,β-unsaturated/α-hetero) is 1. The molecule has 0 aliphatic rings. The quantitative estimate of drug-likeness (QED) is 0.538. The number of ether oxygens (including phenoxy) is 1. The summed E-state index contributed by atoms with van der Waals surface area (Å²) in [6.45, 7) is 8.32. The van der Waals surface area contributed by atoms with Gasteiger partial charge in [-0.2, -0.15) is 0 Å². The van der Waals surface area contributed by atoms with Crippen LogP contribution in [0.25, 0.3) is 0 Å². The van der Waals surface area contributed by atoms with Gasteiger partial charge in [-0.3, -0.25) is 9.59 Å². The topological polar surface area (TPSA) is 88.3 Å². The lowest BCUT2D eigenvalue weighted by Gasteiger charge is -2.18. The number of benzene rings is 1. The van der Waals surface area contributed by atoms with Crippen LogP contribution in [0.3, 0.4) is 0 Å². The monoisotopic (exact) mass is 384 g/mol. The lowest BCUT2D eigenvalue weighted by atomic mass is 10.1. The maximum atomic E-state index is 12.4. The number of carbonyl (C=O) groups is 3. The number of nitrogens with one attached hydrogen (secondary N) is 2. The summed E-state index contributed by atoms with van der Waals surface area (Å²) in [5.41, 5.74) is 3.06. The molecular formula is C22H28N2O4. The van der Waals surface area contributed by atoms with Gasteiger partial charge in [-0.25, -0.2) is 4.79 Å². The molecule has 6 nitrogen and oxygen atoms in total. The predicted octanol–water partition coefficient (Wildman–Crippen LogP) is 3.52. The Balaban J connectivity index is 1.90. The predicted molar refractivity (Wildman–Crippen MR) is 108 cm³/mol. The summed E-state index contributed by atoms with van der Waals surface area (Å²) in [7, 11) is 0. The van der Waals surface area contributed by atoms with E-state index in [0.717, 1.165) is 12.8 Å². The fourth-order valence-corrected chi connectivity index (χ4v) is 3.22. The second kappa shape index (κ2) is 9.35. The third kappa shape index (κ3) is 5.31. The average Bonchev–Trinajstić information content (AvgIpc) is 2.95. The summed E-state index contributed by atoms with van der Waals surface area (Å²) in [6.07, 6.45) is 0.703. The molecule has 1 aromatic heterocycles. The molecule has 0 fully saturated rings. The van der Waals surface area contributed by atoms with Crippen LogP contribution in [0.2, 0.25) is 0 Å². The van der Waals surface area contributed by atoms with E-state index in [1.54, 1.807) is 13.8 Å². The Morgan fingerprint density at radius 3 is 2.32 bits per heavy atom. The molecule has 0 saturated carbocycles. The summed E-state index contributed by atoms with van der Waals surface area (Å²) < 4.78 is 5.30. The number of hydrogen-bond donors (Lipinski definition) is 2. The van der Waals surface area contributed by atoms with Crippen molar-refractivity contribution in [1.29, 1.82) is 0 Å². The van der Waals surface area contributed by atoms with E-state index >= 15 is 0 Å². The van der Waals surface area contributed by atoms with Crippen molar-refractivity contribution in [3.05, 3.63) is 58.4 Å². The highest BCUT2D eigenvalue weighted by molar-refractivity contribution is 6.01. The van der Waals surface area contributed by atoms with Gasteiger partial charge in [0.05, 0.1) is 0 Å². The van der Waals surface area contributed by atoms with Crippen molar-refractivity contribution in [3.8, 4) is 0 Å². The molecule has 2 atom stereocenters. The number of aryl methyl sites for hydroxylation is 2. The fraction of sp³-hybridized carbons (Fsp3) is 0.409. The zero-order valence-corrected chi connectivity index (χ0v) is 17.1. The molecular weight excluding hydrogens is 356 g/mol. The number of ketones is 1. The van der Waals surface area contributed by atoms with E-state index < -0.39 is 12.1 Å². The SMILES string of the molecule is CC(=O)c1c(C)[nH]c(C(=O)O[C@H](C)C(=O)N[C@H](C)CCc2ccccc2)c1C. The molecule has 2 aromatic rings. The first kappa shape index (κ1) is 21.4. The molecule has 0 aliphatic carbocycles. The second-order valence-electron chi connectivity index (χ2n) is 7.16. The summed E-state index contributed by atoms with van der Waals surface area (Å²) in [4.78, 5) is 39.4.